The Hall–Kier alpha value is -1.71. The van der Waals surface area contributed by atoms with Crippen molar-refractivity contribution in [1.29, 1.82) is 0 Å². The Morgan fingerprint density at radius 3 is 2.65 bits per heavy atom. The lowest BCUT2D eigenvalue weighted by Crippen LogP contribution is -2.14. The Bertz CT molecular complexity index is 763. The minimum Gasteiger partial charge on any atom is -0.320 e. The monoisotopic (exact) mass is 326 g/mol. The van der Waals surface area contributed by atoms with E-state index in [1.807, 2.05) is 30.6 Å². The van der Waals surface area contributed by atoms with Gasteiger partial charge in [0.15, 0.2) is 0 Å². The first-order valence-corrected chi connectivity index (χ1v) is 7.30. The van der Waals surface area contributed by atoms with Crippen LogP contribution in [0.25, 0.3) is 10.8 Å². The minimum atomic E-state index is -0.165. The molecule has 0 fully saturated rings. The first-order valence-electron chi connectivity index (χ1n) is 6.51. The maximum atomic E-state index is 6.48. The van der Waals surface area contributed by atoms with Crippen molar-refractivity contribution in [2.45, 2.75) is 13.0 Å². The number of nitrogens with two attached hydrogens (primary N) is 1. The molecule has 0 aliphatic heterocycles. The molecule has 2 N–H and O–H groups in total. The lowest BCUT2D eigenvalue weighted by Gasteiger charge is -2.17. The molecule has 0 saturated heterocycles. The standard InChI is InChI=1S/C17H15BrN2/c1-11-8-13(18)6-7-14(11)17(19)16-10-20-9-12-4-2-3-5-15(12)16/h2-10,17H,19H2,1H3. The van der Waals surface area contributed by atoms with Crippen LogP contribution >= 0.6 is 15.9 Å². The Balaban J connectivity index is 2.15. The number of halogens is 1. The second kappa shape index (κ2) is 5.35. The largest absolute Gasteiger partial charge is 0.320 e. The molecule has 100 valence electrons. The smallest absolute Gasteiger partial charge is 0.0575 e. The third-order valence-corrected chi connectivity index (χ3v) is 4.09. The summed E-state index contributed by atoms with van der Waals surface area (Å²) in [6, 6.07) is 14.2. The number of nitrogens with zero attached hydrogens (tertiary/aromatic N) is 1. The van der Waals surface area contributed by atoms with E-state index >= 15 is 0 Å². The second-order valence-electron chi connectivity index (χ2n) is 4.93. The van der Waals surface area contributed by atoms with E-state index in [0.29, 0.717) is 0 Å². The van der Waals surface area contributed by atoms with Crippen molar-refractivity contribution in [3.05, 3.63) is 76.0 Å². The first-order chi connectivity index (χ1) is 9.66. The molecule has 0 aliphatic carbocycles. The molecule has 2 aromatic carbocycles. The highest BCUT2D eigenvalue weighted by atomic mass is 79.9. The molecule has 3 rings (SSSR count). The van der Waals surface area contributed by atoms with E-state index in [1.54, 1.807) is 0 Å². The van der Waals surface area contributed by atoms with Crippen LogP contribution in [-0.4, -0.2) is 4.98 Å². The number of rotatable bonds is 2. The summed E-state index contributed by atoms with van der Waals surface area (Å²) in [5.74, 6) is 0. The van der Waals surface area contributed by atoms with Crippen LogP contribution in [0.2, 0.25) is 0 Å². The van der Waals surface area contributed by atoms with Crippen molar-refractivity contribution in [2.24, 2.45) is 5.73 Å². The average molecular weight is 327 g/mol. The van der Waals surface area contributed by atoms with Crippen LogP contribution in [0.5, 0.6) is 0 Å². The average Bonchev–Trinajstić information content (AvgIpc) is 2.46. The highest BCUT2D eigenvalue weighted by Crippen LogP contribution is 2.29. The summed E-state index contributed by atoms with van der Waals surface area (Å²) in [7, 11) is 0. The summed E-state index contributed by atoms with van der Waals surface area (Å²) in [6.45, 7) is 2.08. The highest BCUT2D eigenvalue weighted by molar-refractivity contribution is 9.10. The fourth-order valence-corrected chi connectivity index (χ4v) is 3.02. The third-order valence-electron chi connectivity index (χ3n) is 3.60. The molecular weight excluding hydrogens is 312 g/mol. The number of fused-ring (bicyclic) bond motifs is 1. The number of benzene rings is 2. The summed E-state index contributed by atoms with van der Waals surface area (Å²) in [6.07, 6.45) is 3.74. The number of aromatic nitrogens is 1. The summed E-state index contributed by atoms with van der Waals surface area (Å²) in [4.78, 5) is 4.32. The SMILES string of the molecule is Cc1cc(Br)ccc1C(N)c1cncc2ccccc12. The molecule has 2 nitrogen and oxygen atoms in total. The molecule has 20 heavy (non-hydrogen) atoms. The molecule has 3 heteroatoms. The van der Waals surface area contributed by atoms with Crippen LogP contribution in [0.3, 0.4) is 0 Å². The number of pyridine rings is 1. The van der Waals surface area contributed by atoms with Crippen LogP contribution in [0.4, 0.5) is 0 Å². The molecule has 0 aliphatic rings. The molecule has 3 aromatic rings. The van der Waals surface area contributed by atoms with Crippen molar-refractivity contribution in [1.82, 2.24) is 4.98 Å². The van der Waals surface area contributed by atoms with E-state index in [9.17, 15) is 0 Å². The summed E-state index contributed by atoms with van der Waals surface area (Å²) in [5, 5.41) is 2.28. The second-order valence-corrected chi connectivity index (χ2v) is 5.84. The Morgan fingerprint density at radius 2 is 1.85 bits per heavy atom. The van der Waals surface area contributed by atoms with E-state index < -0.39 is 0 Å². The van der Waals surface area contributed by atoms with Gasteiger partial charge in [0.25, 0.3) is 0 Å². The molecule has 0 amide bonds. The van der Waals surface area contributed by atoms with E-state index in [2.05, 4.69) is 52.1 Å². The fourth-order valence-electron chi connectivity index (χ4n) is 2.54. The lowest BCUT2D eigenvalue weighted by molar-refractivity contribution is 0.863. The first kappa shape index (κ1) is 13.3. The normalized spacial score (nSPS) is 12.6. The van der Waals surface area contributed by atoms with Crippen molar-refractivity contribution in [2.75, 3.05) is 0 Å². The van der Waals surface area contributed by atoms with Crippen LogP contribution in [0.1, 0.15) is 22.7 Å². The van der Waals surface area contributed by atoms with Gasteiger partial charge in [-0.15, -0.1) is 0 Å². The Kier molecular flexibility index (Phi) is 3.55. The zero-order valence-electron chi connectivity index (χ0n) is 11.2. The predicted octanol–water partition coefficient (Wildman–Crippen LogP) is 4.35. The van der Waals surface area contributed by atoms with Gasteiger partial charge in [-0.1, -0.05) is 46.3 Å². The van der Waals surface area contributed by atoms with Crippen molar-refractivity contribution in [3.8, 4) is 0 Å². The van der Waals surface area contributed by atoms with Crippen molar-refractivity contribution in [3.63, 3.8) is 0 Å². The van der Waals surface area contributed by atoms with Gasteiger partial charge >= 0.3 is 0 Å². The van der Waals surface area contributed by atoms with Gasteiger partial charge < -0.3 is 5.73 Å². The highest BCUT2D eigenvalue weighted by Gasteiger charge is 2.14. The summed E-state index contributed by atoms with van der Waals surface area (Å²) in [5.41, 5.74) is 9.85. The molecule has 1 heterocycles. The van der Waals surface area contributed by atoms with Crippen LogP contribution in [0, 0.1) is 6.92 Å². The topological polar surface area (TPSA) is 38.9 Å². The summed E-state index contributed by atoms with van der Waals surface area (Å²) >= 11 is 3.49. The molecular formula is C17H15BrN2. The quantitative estimate of drug-likeness (QED) is 0.760. The molecule has 0 saturated carbocycles. The molecule has 1 unspecified atom stereocenters. The van der Waals surface area contributed by atoms with Gasteiger partial charge in [-0.25, -0.2) is 0 Å². The van der Waals surface area contributed by atoms with Crippen molar-refractivity contribution >= 4 is 26.7 Å². The van der Waals surface area contributed by atoms with Crippen LogP contribution in [-0.2, 0) is 0 Å². The van der Waals surface area contributed by atoms with Gasteiger partial charge in [-0.05, 0) is 41.1 Å². The van der Waals surface area contributed by atoms with Gasteiger partial charge in [0.05, 0.1) is 6.04 Å². The van der Waals surface area contributed by atoms with Gasteiger partial charge in [-0.2, -0.15) is 0 Å². The number of hydrogen-bond acceptors (Lipinski definition) is 2. The maximum Gasteiger partial charge on any atom is 0.0575 e. The molecule has 0 radical (unpaired) electrons. The van der Waals surface area contributed by atoms with Gasteiger partial charge in [0.2, 0.25) is 0 Å². The van der Waals surface area contributed by atoms with E-state index in [-0.39, 0.29) is 6.04 Å². The van der Waals surface area contributed by atoms with E-state index in [4.69, 9.17) is 5.73 Å². The van der Waals surface area contributed by atoms with Gasteiger partial charge in [0.1, 0.15) is 0 Å². The van der Waals surface area contributed by atoms with Gasteiger partial charge in [-0.3, -0.25) is 4.98 Å². The molecule has 1 atom stereocenters. The Labute approximate surface area is 126 Å². The number of hydrogen-bond donors (Lipinski definition) is 1. The van der Waals surface area contributed by atoms with E-state index in [0.717, 1.165) is 26.4 Å². The third kappa shape index (κ3) is 2.35. The lowest BCUT2D eigenvalue weighted by atomic mass is 9.94. The Morgan fingerprint density at radius 1 is 1.05 bits per heavy atom. The molecule has 0 bridgehead atoms. The minimum absolute atomic E-state index is 0.165. The zero-order chi connectivity index (χ0) is 14.1. The predicted molar refractivity (Wildman–Crippen MR) is 86.7 cm³/mol. The molecule has 1 aromatic heterocycles. The fraction of sp³-hybridized carbons (Fsp3) is 0.118. The van der Waals surface area contributed by atoms with Crippen LogP contribution in [0.15, 0.2) is 59.3 Å². The zero-order valence-corrected chi connectivity index (χ0v) is 12.8. The van der Waals surface area contributed by atoms with Crippen molar-refractivity contribution < 1.29 is 0 Å². The summed E-state index contributed by atoms with van der Waals surface area (Å²) < 4.78 is 1.07. The number of aryl methyl sites for hydroxylation is 1. The maximum absolute atomic E-state index is 6.48. The van der Waals surface area contributed by atoms with Crippen LogP contribution < -0.4 is 5.73 Å². The molecule has 0 spiro atoms. The van der Waals surface area contributed by atoms with E-state index in [1.165, 1.54) is 5.56 Å². The van der Waals surface area contributed by atoms with Gasteiger partial charge in [0, 0.05) is 22.3 Å².